The van der Waals surface area contributed by atoms with Crippen molar-refractivity contribution in [1.29, 1.82) is 0 Å². The molecule has 32 heavy (non-hydrogen) atoms. The Bertz CT molecular complexity index is 1010. The van der Waals surface area contributed by atoms with Crippen LogP contribution >= 0.6 is 0 Å². The van der Waals surface area contributed by atoms with Gasteiger partial charge in [0.2, 0.25) is 5.91 Å². The Morgan fingerprint density at radius 3 is 2.72 bits per heavy atom. The zero-order chi connectivity index (χ0) is 22.8. The molecule has 2 aromatic rings. The van der Waals surface area contributed by atoms with Crippen LogP contribution in [0.4, 0.5) is 5.69 Å². The van der Waals surface area contributed by atoms with E-state index in [-0.39, 0.29) is 11.3 Å². The third kappa shape index (κ3) is 3.74. The second-order valence-electron chi connectivity index (χ2n) is 9.16. The van der Waals surface area contributed by atoms with Crippen LogP contribution in [0.1, 0.15) is 57.6 Å². The van der Waals surface area contributed by atoms with Crippen LogP contribution in [0, 0.1) is 0 Å². The van der Waals surface area contributed by atoms with Crippen LogP contribution in [-0.2, 0) is 10.2 Å². The number of nitrogens with one attached hydrogen (secondary N) is 1. The number of ether oxygens (including phenoxy) is 2. The van der Waals surface area contributed by atoms with Crippen LogP contribution in [0.5, 0.6) is 11.5 Å². The van der Waals surface area contributed by atoms with Crippen molar-refractivity contribution in [2.45, 2.75) is 57.5 Å². The molecule has 0 bridgehead atoms. The lowest BCUT2D eigenvalue weighted by Crippen LogP contribution is -2.68. The van der Waals surface area contributed by atoms with E-state index in [1.54, 1.807) is 7.11 Å². The van der Waals surface area contributed by atoms with Gasteiger partial charge < -0.3 is 19.7 Å². The molecule has 0 spiro atoms. The highest BCUT2D eigenvalue weighted by molar-refractivity contribution is 5.84. The number of carbonyl (C=O) groups excluding carboxylic acids is 1. The van der Waals surface area contributed by atoms with Crippen LogP contribution in [0.25, 0.3) is 6.08 Å². The molecule has 0 aromatic heterocycles. The van der Waals surface area contributed by atoms with E-state index in [4.69, 9.17) is 9.47 Å². The van der Waals surface area contributed by atoms with Crippen LogP contribution in [0.3, 0.4) is 0 Å². The number of nitrogens with zero attached hydrogens (tertiary/aromatic N) is 1. The van der Waals surface area contributed by atoms with Crippen molar-refractivity contribution in [2.75, 3.05) is 25.2 Å². The van der Waals surface area contributed by atoms with E-state index in [1.165, 1.54) is 17.7 Å². The van der Waals surface area contributed by atoms with Crippen LogP contribution in [0.15, 0.2) is 48.5 Å². The quantitative estimate of drug-likeness (QED) is 0.574. The molecule has 2 aromatic carbocycles. The first-order valence-corrected chi connectivity index (χ1v) is 11.6. The van der Waals surface area contributed by atoms with Crippen LogP contribution < -0.4 is 19.7 Å². The number of para-hydroxylation sites is 1. The average molecular weight is 435 g/mol. The lowest BCUT2D eigenvalue weighted by molar-refractivity contribution is -0.124. The van der Waals surface area contributed by atoms with Gasteiger partial charge in [-0.25, -0.2) is 0 Å². The van der Waals surface area contributed by atoms with E-state index in [1.807, 2.05) is 18.2 Å². The maximum absolute atomic E-state index is 12.5. The van der Waals surface area contributed by atoms with Gasteiger partial charge in [0.15, 0.2) is 11.5 Å². The minimum absolute atomic E-state index is 0.0835. The molecule has 4 rings (SSSR count). The summed E-state index contributed by atoms with van der Waals surface area (Å²) in [5.74, 6) is 1.57. The monoisotopic (exact) mass is 434 g/mol. The molecule has 2 heterocycles. The highest BCUT2D eigenvalue weighted by Gasteiger charge is 2.57. The van der Waals surface area contributed by atoms with Gasteiger partial charge >= 0.3 is 0 Å². The topological polar surface area (TPSA) is 50.8 Å². The number of amides is 1. The number of unbranched alkanes of at least 4 members (excludes halogenated alkanes) is 2. The number of hydrogen-bond donors (Lipinski definition) is 1. The molecular weight excluding hydrogens is 400 g/mol. The molecule has 1 atom stereocenters. The van der Waals surface area contributed by atoms with Crippen LogP contribution in [0.2, 0.25) is 0 Å². The van der Waals surface area contributed by atoms with E-state index in [9.17, 15) is 4.79 Å². The van der Waals surface area contributed by atoms with Gasteiger partial charge in [0.1, 0.15) is 5.66 Å². The molecule has 0 radical (unpaired) electrons. The van der Waals surface area contributed by atoms with Crippen LogP contribution in [-0.4, -0.2) is 31.8 Å². The summed E-state index contributed by atoms with van der Waals surface area (Å²) in [4.78, 5) is 14.9. The second-order valence-corrected chi connectivity index (χ2v) is 9.16. The van der Waals surface area contributed by atoms with E-state index in [0.717, 1.165) is 29.9 Å². The summed E-state index contributed by atoms with van der Waals surface area (Å²) in [6.07, 6.45) is 8.08. The van der Waals surface area contributed by atoms with Gasteiger partial charge in [0.25, 0.3) is 0 Å². The van der Waals surface area contributed by atoms with Gasteiger partial charge in [-0.2, -0.15) is 0 Å². The largest absolute Gasteiger partial charge is 0.493 e. The van der Waals surface area contributed by atoms with Crippen molar-refractivity contribution in [1.82, 2.24) is 5.32 Å². The van der Waals surface area contributed by atoms with Crippen molar-refractivity contribution in [2.24, 2.45) is 0 Å². The summed E-state index contributed by atoms with van der Waals surface area (Å²) in [5.41, 5.74) is 2.54. The Morgan fingerprint density at radius 1 is 1.12 bits per heavy atom. The fraction of sp³-hybridized carbons (Fsp3) is 0.444. The second kappa shape index (κ2) is 8.89. The number of fused-ring (bicyclic) bond motifs is 3. The summed E-state index contributed by atoms with van der Waals surface area (Å²) < 4.78 is 11.5. The lowest BCUT2D eigenvalue weighted by Gasteiger charge is -2.49. The number of hydrogen-bond acceptors (Lipinski definition) is 4. The predicted octanol–water partition coefficient (Wildman–Crippen LogP) is 5.29. The molecule has 0 saturated carbocycles. The fourth-order valence-corrected chi connectivity index (χ4v) is 4.98. The van der Waals surface area contributed by atoms with Gasteiger partial charge in [-0.1, -0.05) is 64.0 Å². The molecule has 0 aliphatic carbocycles. The summed E-state index contributed by atoms with van der Waals surface area (Å²) in [7, 11) is 1.67. The van der Waals surface area contributed by atoms with E-state index >= 15 is 0 Å². The molecular formula is C27H34N2O3. The van der Waals surface area contributed by atoms with Gasteiger partial charge in [0.05, 0.1) is 13.7 Å². The number of rotatable bonds is 8. The smallest absolute Gasteiger partial charge is 0.223 e. The Labute approximate surface area is 191 Å². The maximum atomic E-state index is 12.5. The van der Waals surface area contributed by atoms with Crippen molar-refractivity contribution in [3.8, 4) is 11.5 Å². The average Bonchev–Trinajstić information content (AvgIpc) is 2.99. The molecule has 5 nitrogen and oxygen atoms in total. The van der Waals surface area contributed by atoms with Gasteiger partial charge in [-0.15, -0.1) is 0 Å². The standard InChI is InChI=1S/C27H34N2O3/c1-5-6-9-18-32-23-13-12-20(19-24(23)31-4)14-16-27-26(2,3)21-10-7-8-11-22(21)29(27)17-15-25(30)28-27/h7-8,10-14,16,19H,5-6,9,15,17-18H2,1-4H3,(H,28,30). The summed E-state index contributed by atoms with van der Waals surface area (Å²) in [5, 5.41) is 3.32. The van der Waals surface area contributed by atoms with Crippen molar-refractivity contribution in [3.05, 3.63) is 59.7 Å². The third-order valence-electron chi connectivity index (χ3n) is 6.85. The first-order chi connectivity index (χ1) is 15.4. The minimum atomic E-state index is -0.616. The Kier molecular flexibility index (Phi) is 6.18. The van der Waals surface area contributed by atoms with Gasteiger partial charge in [0, 0.05) is 24.1 Å². The number of anilines is 1. The molecule has 2 aliphatic heterocycles. The Hall–Kier alpha value is -2.95. The molecule has 1 N–H and O–H groups in total. The van der Waals surface area contributed by atoms with E-state index in [0.29, 0.717) is 19.6 Å². The lowest BCUT2D eigenvalue weighted by atomic mass is 9.74. The Morgan fingerprint density at radius 2 is 1.94 bits per heavy atom. The number of carbonyl (C=O) groups is 1. The molecule has 1 unspecified atom stereocenters. The van der Waals surface area contributed by atoms with Crippen molar-refractivity contribution >= 4 is 17.7 Å². The molecule has 1 fully saturated rings. The molecule has 1 amide bonds. The summed E-state index contributed by atoms with van der Waals surface area (Å²) >= 11 is 0. The van der Waals surface area contributed by atoms with E-state index < -0.39 is 5.66 Å². The molecule has 5 heteroatoms. The molecule has 170 valence electrons. The van der Waals surface area contributed by atoms with Crippen molar-refractivity contribution < 1.29 is 14.3 Å². The normalized spacial score (nSPS) is 21.2. The minimum Gasteiger partial charge on any atom is -0.493 e. The van der Waals surface area contributed by atoms with Gasteiger partial charge in [-0.05, 0) is 41.8 Å². The highest BCUT2D eigenvalue weighted by atomic mass is 16.5. The molecule has 2 aliphatic rings. The first-order valence-electron chi connectivity index (χ1n) is 11.6. The SMILES string of the molecule is CCCCCOc1ccc(C=CC23NC(=O)CCN2c2ccccc2C3(C)C)cc1OC. The zero-order valence-corrected chi connectivity index (χ0v) is 19.6. The van der Waals surface area contributed by atoms with Crippen molar-refractivity contribution in [3.63, 3.8) is 0 Å². The van der Waals surface area contributed by atoms with Gasteiger partial charge in [-0.3, -0.25) is 4.79 Å². The number of methoxy groups -OCH3 is 1. The first kappa shape index (κ1) is 22.3. The number of benzene rings is 2. The summed E-state index contributed by atoms with van der Waals surface area (Å²) in [6.45, 7) is 7.98. The highest BCUT2D eigenvalue weighted by Crippen LogP contribution is 2.52. The predicted molar refractivity (Wildman–Crippen MR) is 129 cm³/mol. The summed E-state index contributed by atoms with van der Waals surface area (Å²) in [6, 6.07) is 14.5. The zero-order valence-electron chi connectivity index (χ0n) is 19.6. The fourth-order valence-electron chi connectivity index (χ4n) is 4.98. The maximum Gasteiger partial charge on any atom is 0.223 e. The Balaban J connectivity index is 1.64. The third-order valence-corrected chi connectivity index (χ3v) is 6.85. The molecule has 1 saturated heterocycles. The van der Waals surface area contributed by atoms with E-state index in [2.05, 4.69) is 67.4 Å².